The lowest BCUT2D eigenvalue weighted by Gasteiger charge is -2.21. The fourth-order valence-electron chi connectivity index (χ4n) is 3.08. The second-order valence-electron chi connectivity index (χ2n) is 6.45. The predicted molar refractivity (Wildman–Crippen MR) is 90.8 cm³/mol. The molecule has 1 aromatic carbocycles. The van der Waals surface area contributed by atoms with Crippen LogP contribution in [0, 0.1) is 25.5 Å². The second kappa shape index (κ2) is 6.49. The topological polar surface area (TPSA) is 91.7 Å². The molecular formula is C18H17F2N3O4. The summed E-state index contributed by atoms with van der Waals surface area (Å²) in [6.45, 7) is 4.23. The van der Waals surface area contributed by atoms with E-state index < -0.39 is 41.6 Å². The third-order valence-electron chi connectivity index (χ3n) is 4.36. The Balaban J connectivity index is 1.78. The van der Waals surface area contributed by atoms with E-state index in [1.807, 2.05) is 0 Å². The van der Waals surface area contributed by atoms with E-state index in [9.17, 15) is 23.2 Å². The number of nitrogens with one attached hydrogen (secondary N) is 2. The van der Waals surface area contributed by atoms with Gasteiger partial charge in [0.1, 0.15) is 35.2 Å². The van der Waals surface area contributed by atoms with Crippen LogP contribution in [0.2, 0.25) is 0 Å². The quantitative estimate of drug-likeness (QED) is 0.801. The zero-order valence-corrected chi connectivity index (χ0v) is 14.9. The number of carbonyl (C=O) groups excluding carboxylic acids is 3. The highest BCUT2D eigenvalue weighted by atomic mass is 19.1. The number of benzene rings is 1. The second-order valence-corrected chi connectivity index (χ2v) is 6.45. The van der Waals surface area contributed by atoms with Crippen molar-refractivity contribution in [2.45, 2.75) is 26.3 Å². The van der Waals surface area contributed by atoms with Crippen molar-refractivity contribution in [1.82, 2.24) is 10.2 Å². The number of nitrogens with zero attached hydrogens (tertiary/aromatic N) is 1. The fraction of sp³-hybridized carbons (Fsp3) is 0.278. The summed E-state index contributed by atoms with van der Waals surface area (Å²) in [7, 11) is 0. The van der Waals surface area contributed by atoms with Gasteiger partial charge in [-0.2, -0.15) is 0 Å². The highest BCUT2D eigenvalue weighted by Gasteiger charge is 2.51. The summed E-state index contributed by atoms with van der Waals surface area (Å²) < 4.78 is 32.3. The van der Waals surface area contributed by atoms with Crippen molar-refractivity contribution in [3.63, 3.8) is 0 Å². The van der Waals surface area contributed by atoms with Gasteiger partial charge in [-0.3, -0.25) is 14.5 Å². The molecule has 3 rings (SSSR count). The summed E-state index contributed by atoms with van der Waals surface area (Å²) in [6.07, 6.45) is 0. The van der Waals surface area contributed by atoms with E-state index in [1.54, 1.807) is 19.9 Å². The number of hydrogen-bond donors (Lipinski definition) is 2. The highest BCUT2D eigenvalue weighted by Crippen LogP contribution is 2.32. The Morgan fingerprint density at radius 2 is 1.96 bits per heavy atom. The van der Waals surface area contributed by atoms with Gasteiger partial charge in [0.25, 0.3) is 5.91 Å². The third kappa shape index (κ3) is 3.27. The largest absolute Gasteiger partial charge is 0.466 e. The Morgan fingerprint density at radius 3 is 2.59 bits per heavy atom. The fourth-order valence-corrected chi connectivity index (χ4v) is 3.08. The van der Waals surface area contributed by atoms with E-state index in [0.29, 0.717) is 22.0 Å². The van der Waals surface area contributed by atoms with E-state index in [0.717, 1.165) is 18.2 Å². The molecule has 1 aromatic heterocycles. The molecule has 1 saturated heterocycles. The zero-order valence-electron chi connectivity index (χ0n) is 14.9. The number of amides is 4. The van der Waals surface area contributed by atoms with E-state index in [2.05, 4.69) is 10.6 Å². The maximum Gasteiger partial charge on any atom is 0.325 e. The van der Waals surface area contributed by atoms with E-state index in [4.69, 9.17) is 4.42 Å². The van der Waals surface area contributed by atoms with Crippen molar-refractivity contribution in [3.8, 4) is 0 Å². The lowest BCUT2D eigenvalue weighted by Crippen LogP contribution is -2.42. The van der Waals surface area contributed by atoms with Crippen LogP contribution in [0.25, 0.3) is 0 Å². The third-order valence-corrected chi connectivity index (χ3v) is 4.36. The van der Waals surface area contributed by atoms with Gasteiger partial charge in [-0.05, 0) is 39.0 Å². The SMILES string of the molecule is Cc1cc(C2(C)NC(=O)N(CC(=O)Nc3cc(F)ccc3F)C2=O)c(C)o1. The molecular weight excluding hydrogens is 360 g/mol. The number of imide groups is 1. The number of furan rings is 1. The van der Waals surface area contributed by atoms with Gasteiger partial charge in [-0.25, -0.2) is 13.6 Å². The molecule has 1 fully saturated rings. The minimum Gasteiger partial charge on any atom is -0.466 e. The van der Waals surface area contributed by atoms with Crippen LogP contribution in [0.4, 0.5) is 19.3 Å². The molecule has 2 aromatic rings. The van der Waals surface area contributed by atoms with Gasteiger partial charge in [0, 0.05) is 11.6 Å². The number of carbonyl (C=O) groups is 3. The number of hydrogen-bond acceptors (Lipinski definition) is 4. The molecule has 0 aliphatic carbocycles. The van der Waals surface area contributed by atoms with Crippen molar-refractivity contribution in [1.29, 1.82) is 0 Å². The van der Waals surface area contributed by atoms with Gasteiger partial charge in [0.15, 0.2) is 0 Å². The van der Waals surface area contributed by atoms with Gasteiger partial charge in [0.2, 0.25) is 5.91 Å². The van der Waals surface area contributed by atoms with E-state index in [1.165, 1.54) is 6.92 Å². The molecule has 0 radical (unpaired) electrons. The molecule has 0 spiro atoms. The standard InChI is InChI=1S/C18H17F2N3O4/c1-9-6-12(10(2)27-9)18(3)16(25)23(17(26)22-18)8-15(24)21-14-7-11(19)4-5-13(14)20/h4-7H,8H2,1-3H3,(H,21,24)(H,22,26). The molecule has 1 aliphatic rings. The average molecular weight is 377 g/mol. The molecule has 4 amide bonds. The van der Waals surface area contributed by atoms with Crippen LogP contribution in [-0.4, -0.2) is 29.3 Å². The van der Waals surface area contributed by atoms with Crippen LogP contribution in [0.1, 0.15) is 24.0 Å². The van der Waals surface area contributed by atoms with Crippen molar-refractivity contribution < 1.29 is 27.6 Å². The molecule has 27 heavy (non-hydrogen) atoms. The van der Waals surface area contributed by atoms with Gasteiger partial charge >= 0.3 is 6.03 Å². The first kappa shape index (κ1) is 18.6. The smallest absolute Gasteiger partial charge is 0.325 e. The minimum absolute atomic E-state index is 0.379. The van der Waals surface area contributed by atoms with Crippen LogP contribution in [-0.2, 0) is 15.1 Å². The number of rotatable bonds is 4. The number of anilines is 1. The van der Waals surface area contributed by atoms with Gasteiger partial charge in [0.05, 0.1) is 5.69 Å². The molecule has 1 aliphatic heterocycles. The molecule has 0 saturated carbocycles. The lowest BCUT2D eigenvalue weighted by molar-refractivity contribution is -0.133. The van der Waals surface area contributed by atoms with Gasteiger partial charge < -0.3 is 15.1 Å². The van der Waals surface area contributed by atoms with Crippen LogP contribution < -0.4 is 10.6 Å². The Kier molecular flexibility index (Phi) is 4.46. The highest BCUT2D eigenvalue weighted by molar-refractivity contribution is 6.10. The lowest BCUT2D eigenvalue weighted by atomic mass is 9.92. The average Bonchev–Trinajstić information content (AvgIpc) is 3.03. The molecule has 2 N–H and O–H groups in total. The molecule has 2 heterocycles. The normalized spacial score (nSPS) is 19.4. The van der Waals surface area contributed by atoms with Crippen LogP contribution in [0.5, 0.6) is 0 Å². The Hall–Kier alpha value is -3.23. The molecule has 1 atom stereocenters. The van der Waals surface area contributed by atoms with Crippen LogP contribution >= 0.6 is 0 Å². The maximum absolute atomic E-state index is 13.6. The maximum atomic E-state index is 13.6. The molecule has 0 bridgehead atoms. The summed E-state index contributed by atoms with van der Waals surface area (Å²) in [5, 5.41) is 4.71. The molecule has 7 nitrogen and oxygen atoms in total. The van der Waals surface area contributed by atoms with E-state index in [-0.39, 0.29) is 5.69 Å². The van der Waals surface area contributed by atoms with Crippen molar-refractivity contribution in [2.24, 2.45) is 0 Å². The van der Waals surface area contributed by atoms with Crippen molar-refractivity contribution >= 4 is 23.5 Å². The van der Waals surface area contributed by atoms with Gasteiger partial charge in [-0.1, -0.05) is 0 Å². The first-order valence-electron chi connectivity index (χ1n) is 8.08. The summed E-state index contributed by atoms with van der Waals surface area (Å²) in [4.78, 5) is 37.9. The first-order valence-corrected chi connectivity index (χ1v) is 8.08. The van der Waals surface area contributed by atoms with Crippen LogP contribution in [0.3, 0.4) is 0 Å². The summed E-state index contributed by atoms with van der Waals surface area (Å²) in [5.74, 6) is -2.02. The first-order chi connectivity index (χ1) is 12.6. The molecule has 9 heteroatoms. The Bertz CT molecular complexity index is 956. The van der Waals surface area contributed by atoms with Crippen molar-refractivity contribution in [2.75, 3.05) is 11.9 Å². The summed E-state index contributed by atoms with van der Waals surface area (Å²) >= 11 is 0. The molecule has 142 valence electrons. The van der Waals surface area contributed by atoms with Crippen LogP contribution in [0.15, 0.2) is 28.7 Å². The summed E-state index contributed by atoms with van der Waals surface area (Å²) in [6, 6.07) is 3.44. The number of aryl methyl sites for hydroxylation is 2. The Morgan fingerprint density at radius 1 is 1.26 bits per heavy atom. The number of halogens is 2. The monoisotopic (exact) mass is 377 g/mol. The predicted octanol–water partition coefficient (Wildman–Crippen LogP) is 2.58. The molecule has 1 unspecified atom stereocenters. The van der Waals surface area contributed by atoms with Gasteiger partial charge in [-0.15, -0.1) is 0 Å². The van der Waals surface area contributed by atoms with Crippen molar-refractivity contribution in [3.05, 3.63) is 53.0 Å². The summed E-state index contributed by atoms with van der Waals surface area (Å²) in [5.41, 5.74) is -1.28. The Labute approximate surface area is 153 Å². The number of urea groups is 1. The van der Waals surface area contributed by atoms with E-state index >= 15 is 0 Å². The minimum atomic E-state index is -1.39. The zero-order chi connectivity index (χ0) is 19.9.